The molecule has 0 saturated heterocycles. The van der Waals surface area contributed by atoms with E-state index < -0.39 is 0 Å². The molecule has 334 valence electrons. The van der Waals surface area contributed by atoms with Crippen molar-refractivity contribution in [3.8, 4) is 11.5 Å². The number of phenols is 2. The first kappa shape index (κ1) is 54.2. The third kappa shape index (κ3) is 25.1. The number of unbranched alkanes of at least 4 members (excludes halogenated alkanes) is 18. The average molecular weight is 843 g/mol. The molecule has 6 heteroatoms. The molecule has 4 nitrogen and oxygen atoms in total. The van der Waals surface area contributed by atoms with Crippen LogP contribution < -0.4 is 0 Å². The first-order valence-electron chi connectivity index (χ1n) is 23.6. The van der Waals surface area contributed by atoms with Crippen LogP contribution in [0.1, 0.15) is 231 Å². The number of carbonyl (C=O) groups excluding carboxylic acids is 1. The predicted octanol–water partition coefficient (Wildman–Crippen LogP) is 16.5. The van der Waals surface area contributed by atoms with Crippen molar-refractivity contribution in [1.82, 2.24) is 0 Å². The number of benzene rings is 2. The summed E-state index contributed by atoms with van der Waals surface area (Å²) >= 11 is 4.06. The molecule has 2 aromatic rings. The fourth-order valence-electron chi connectivity index (χ4n) is 7.34. The summed E-state index contributed by atoms with van der Waals surface area (Å²) < 4.78 is 4.99. The quantitative estimate of drug-likeness (QED) is 0.0603. The Hall–Kier alpha value is -1.79. The first-order valence-corrected chi connectivity index (χ1v) is 26.0. The van der Waals surface area contributed by atoms with Crippen molar-refractivity contribution in [3.63, 3.8) is 0 Å². The molecule has 2 rings (SSSR count). The maximum atomic E-state index is 11.6. The van der Waals surface area contributed by atoms with E-state index in [1.54, 1.807) is 0 Å². The molecule has 0 aliphatic carbocycles. The summed E-state index contributed by atoms with van der Waals surface area (Å²) in [4.78, 5) is 11.6. The van der Waals surface area contributed by atoms with Gasteiger partial charge in [-0.15, -0.1) is 0 Å². The zero-order valence-electron chi connectivity index (χ0n) is 39.4. The molecule has 0 aromatic heterocycles. The monoisotopic (exact) mass is 843 g/mol. The van der Waals surface area contributed by atoms with Crippen LogP contribution in [0.25, 0.3) is 0 Å². The molecule has 0 atom stereocenters. The highest BCUT2D eigenvalue weighted by atomic mass is 32.2. The van der Waals surface area contributed by atoms with Crippen LogP contribution in [0.5, 0.6) is 11.5 Å². The zero-order valence-corrected chi connectivity index (χ0v) is 41.1. The third-order valence-electron chi connectivity index (χ3n) is 11.0. The molecular formula is C52H90O4S2. The minimum Gasteiger partial charge on any atom is -0.507 e. The normalized spacial score (nSPS) is 11.8. The molecule has 2 aromatic carbocycles. The highest BCUT2D eigenvalue weighted by Gasteiger charge is 2.26. The molecule has 0 aliphatic heterocycles. The lowest BCUT2D eigenvalue weighted by molar-refractivity contribution is -0.143. The second kappa shape index (κ2) is 32.0. The molecule has 0 heterocycles. The fourth-order valence-corrected chi connectivity index (χ4v) is 9.29. The summed E-state index contributed by atoms with van der Waals surface area (Å²) in [6, 6.07) is 8.49. The Labute approximate surface area is 367 Å². The number of phenolic OH excluding ortho intramolecular Hbond substituents is 2. The lowest BCUT2D eigenvalue weighted by Crippen LogP contribution is -2.18. The lowest BCUT2D eigenvalue weighted by atomic mass is 9.78. The number of aryl methyl sites for hydroxylation is 2. The van der Waals surface area contributed by atoms with E-state index >= 15 is 0 Å². The number of esters is 1. The predicted molar refractivity (Wildman–Crippen MR) is 259 cm³/mol. The Bertz CT molecular complexity index is 1320. The molecule has 0 radical (unpaired) electrons. The maximum Gasteiger partial charge on any atom is 0.306 e. The number of hydrogen-bond acceptors (Lipinski definition) is 6. The van der Waals surface area contributed by atoms with Crippen molar-refractivity contribution in [2.45, 2.75) is 233 Å². The first-order chi connectivity index (χ1) is 27.6. The summed E-state index contributed by atoms with van der Waals surface area (Å²) in [5.74, 6) is 5.22. The molecular weight excluding hydrogens is 753 g/mol. The number of carbonyl (C=O) groups is 1. The zero-order chi connectivity index (χ0) is 43.2. The largest absolute Gasteiger partial charge is 0.507 e. The standard InChI is InChI=1S/C33H60OS2.C19H30O3/c1-4-6-8-10-12-14-16-18-20-22-24-35-28-31-26-30(3)33(34)32(27-31)29-36-25-23-21-19-17-15-13-11-9-7-5-2;1-8-22-16(20)10-9-13-11-14(18(2,3)4)17(21)15(12-13)19(5,6)7/h26-27,34H,4-25,28-29H2,1-3H3;11-12,21H,8-10H2,1-7H3. The van der Waals surface area contributed by atoms with Gasteiger partial charge in [-0.3, -0.25) is 4.79 Å². The van der Waals surface area contributed by atoms with Gasteiger partial charge in [-0.25, -0.2) is 0 Å². The number of ether oxygens (including phenoxy) is 1. The number of hydrogen-bond donors (Lipinski definition) is 2. The van der Waals surface area contributed by atoms with Crippen LogP contribution in [0.3, 0.4) is 0 Å². The number of rotatable bonds is 30. The Morgan fingerprint density at radius 2 is 0.966 bits per heavy atom. The molecule has 0 spiro atoms. The van der Waals surface area contributed by atoms with Gasteiger partial charge < -0.3 is 14.9 Å². The van der Waals surface area contributed by atoms with Crippen molar-refractivity contribution in [1.29, 1.82) is 0 Å². The van der Waals surface area contributed by atoms with Gasteiger partial charge in [-0.05, 0) is 83.3 Å². The van der Waals surface area contributed by atoms with Crippen LogP contribution in [0.15, 0.2) is 24.3 Å². The van der Waals surface area contributed by atoms with Crippen molar-refractivity contribution in [2.24, 2.45) is 0 Å². The van der Waals surface area contributed by atoms with Gasteiger partial charge in [0.2, 0.25) is 0 Å². The van der Waals surface area contributed by atoms with Crippen LogP contribution in [0.4, 0.5) is 0 Å². The Morgan fingerprint density at radius 1 is 0.552 bits per heavy atom. The average Bonchev–Trinajstić information content (AvgIpc) is 3.16. The van der Waals surface area contributed by atoms with Gasteiger partial charge in [0.1, 0.15) is 11.5 Å². The van der Waals surface area contributed by atoms with Gasteiger partial charge in [-0.1, -0.05) is 195 Å². The van der Waals surface area contributed by atoms with Crippen molar-refractivity contribution >= 4 is 29.5 Å². The second-order valence-electron chi connectivity index (χ2n) is 18.7. The minimum atomic E-state index is -0.176. The van der Waals surface area contributed by atoms with Crippen molar-refractivity contribution in [3.05, 3.63) is 57.6 Å². The molecule has 0 aliphatic rings. The van der Waals surface area contributed by atoms with Gasteiger partial charge in [0.05, 0.1) is 6.61 Å². The highest BCUT2D eigenvalue weighted by molar-refractivity contribution is 7.98. The van der Waals surface area contributed by atoms with E-state index in [9.17, 15) is 15.0 Å². The van der Waals surface area contributed by atoms with E-state index in [0.29, 0.717) is 30.9 Å². The molecule has 58 heavy (non-hydrogen) atoms. The Kier molecular flexibility index (Phi) is 29.9. The molecule has 0 fully saturated rings. The van der Waals surface area contributed by atoms with Gasteiger partial charge in [0.15, 0.2) is 0 Å². The number of aromatic hydroxyl groups is 2. The minimum absolute atomic E-state index is 0.149. The second-order valence-corrected chi connectivity index (χ2v) is 20.9. The van der Waals surface area contributed by atoms with Crippen LogP contribution in [-0.4, -0.2) is 34.3 Å². The van der Waals surface area contributed by atoms with Crippen molar-refractivity contribution in [2.75, 3.05) is 18.1 Å². The lowest BCUT2D eigenvalue weighted by Gasteiger charge is -2.28. The van der Waals surface area contributed by atoms with E-state index in [-0.39, 0.29) is 16.8 Å². The Morgan fingerprint density at radius 3 is 1.38 bits per heavy atom. The summed E-state index contributed by atoms with van der Waals surface area (Å²) in [5.41, 5.74) is 6.20. The van der Waals surface area contributed by atoms with Crippen LogP contribution in [0.2, 0.25) is 0 Å². The summed E-state index contributed by atoms with van der Waals surface area (Å²) in [7, 11) is 0. The SMILES string of the molecule is CCCCCCCCCCCCSCc1cc(C)c(O)c(CSCCCCCCCCCCCC)c1.CCOC(=O)CCc1cc(C(C)(C)C)c(O)c(C(C)(C)C)c1. The third-order valence-corrected chi connectivity index (χ3v) is 13.2. The summed E-state index contributed by atoms with van der Waals surface area (Å²) in [5, 5.41) is 21.2. The van der Waals surface area contributed by atoms with Crippen LogP contribution in [0, 0.1) is 6.92 Å². The summed E-state index contributed by atoms with van der Waals surface area (Å²) in [6.45, 7) is 21.4. The number of thioether (sulfide) groups is 2. The van der Waals surface area contributed by atoms with Gasteiger partial charge in [-0.2, -0.15) is 23.5 Å². The van der Waals surface area contributed by atoms with E-state index in [0.717, 1.165) is 39.3 Å². The maximum absolute atomic E-state index is 11.6. The molecule has 0 unspecified atom stereocenters. The Balaban J connectivity index is 0.000000652. The van der Waals surface area contributed by atoms with Crippen molar-refractivity contribution < 1.29 is 19.7 Å². The van der Waals surface area contributed by atoms with Gasteiger partial charge >= 0.3 is 5.97 Å². The molecule has 0 saturated carbocycles. The van der Waals surface area contributed by atoms with E-state index in [2.05, 4.69) is 86.2 Å². The topological polar surface area (TPSA) is 66.8 Å². The molecule has 2 N–H and O–H groups in total. The van der Waals surface area contributed by atoms with E-state index in [1.165, 1.54) is 145 Å². The van der Waals surface area contributed by atoms with Crippen LogP contribution >= 0.6 is 23.5 Å². The summed E-state index contributed by atoms with van der Waals surface area (Å²) in [6.07, 6.45) is 29.0. The molecule has 0 amide bonds. The van der Waals surface area contributed by atoms with Gasteiger partial charge in [0.25, 0.3) is 0 Å². The van der Waals surface area contributed by atoms with Gasteiger partial charge in [0, 0.05) is 23.5 Å². The smallest absolute Gasteiger partial charge is 0.306 e. The molecule has 0 bridgehead atoms. The van der Waals surface area contributed by atoms with E-state index in [1.807, 2.05) is 30.8 Å². The fraction of sp³-hybridized carbons (Fsp3) is 0.750. The van der Waals surface area contributed by atoms with E-state index in [4.69, 9.17) is 4.74 Å². The highest BCUT2D eigenvalue weighted by Crippen LogP contribution is 2.40. The van der Waals surface area contributed by atoms with Crippen LogP contribution in [-0.2, 0) is 38.3 Å².